The van der Waals surface area contributed by atoms with Gasteiger partial charge in [-0.15, -0.1) is 23.1 Å². The van der Waals surface area contributed by atoms with Crippen LogP contribution in [0.4, 0.5) is 0 Å². The number of fused-ring (bicyclic) bond motifs is 2. The van der Waals surface area contributed by atoms with Crippen LogP contribution in [0.1, 0.15) is 11.1 Å². The number of nitrogens with one attached hydrogen (secondary N) is 3. The number of aromatic nitrogens is 2. The molecule has 1 aliphatic heterocycles. The lowest BCUT2D eigenvalue weighted by Crippen LogP contribution is -2.24. The zero-order valence-electron chi connectivity index (χ0n) is 14.2. The number of nitriles is 1. The van der Waals surface area contributed by atoms with Gasteiger partial charge < -0.3 is 19.8 Å². The van der Waals surface area contributed by atoms with Crippen LogP contribution in [0.15, 0.2) is 32.0 Å². The maximum absolute atomic E-state index is 12.2. The lowest BCUT2D eigenvalue weighted by Gasteiger charge is -2.06. The molecule has 0 spiro atoms. The van der Waals surface area contributed by atoms with Crippen molar-refractivity contribution in [1.29, 1.82) is 5.26 Å². The van der Waals surface area contributed by atoms with Gasteiger partial charge in [-0.05, 0) is 17.7 Å². The molecule has 3 heterocycles. The summed E-state index contributed by atoms with van der Waals surface area (Å²) in [6.45, 7) is 0.507. The standard InChI is InChI=1S/C17H12N4O5S2/c18-4-9-13-14(15(23)21-17(24)20-13)28-16(9)27-6-12(22)19-5-8-1-2-10-11(3-8)26-7-25-10/h1-3H,5-7H2,(H,19,22)(H2,20,21,23,24). The molecule has 2 aromatic heterocycles. The molecule has 0 saturated carbocycles. The third-order valence-corrected chi connectivity index (χ3v) is 6.38. The van der Waals surface area contributed by atoms with Crippen LogP contribution in [0.2, 0.25) is 0 Å². The van der Waals surface area contributed by atoms with Gasteiger partial charge in [-0.25, -0.2) is 4.79 Å². The van der Waals surface area contributed by atoms with Crippen LogP contribution in [0.25, 0.3) is 10.2 Å². The first-order chi connectivity index (χ1) is 13.5. The monoisotopic (exact) mass is 416 g/mol. The van der Waals surface area contributed by atoms with Crippen molar-refractivity contribution in [2.75, 3.05) is 12.5 Å². The number of H-pyrrole nitrogens is 2. The molecule has 0 fully saturated rings. The molecule has 3 N–H and O–H groups in total. The molecule has 0 atom stereocenters. The van der Waals surface area contributed by atoms with Gasteiger partial charge in [-0.2, -0.15) is 5.26 Å². The van der Waals surface area contributed by atoms with Crippen molar-refractivity contribution >= 4 is 39.2 Å². The number of amides is 1. The highest BCUT2D eigenvalue weighted by Gasteiger charge is 2.17. The number of thioether (sulfide) groups is 1. The minimum Gasteiger partial charge on any atom is -0.454 e. The number of thiophene rings is 1. The molecule has 11 heteroatoms. The predicted octanol–water partition coefficient (Wildman–Crippen LogP) is 1.29. The van der Waals surface area contributed by atoms with Gasteiger partial charge in [-0.1, -0.05) is 6.07 Å². The van der Waals surface area contributed by atoms with Gasteiger partial charge in [0, 0.05) is 6.54 Å². The lowest BCUT2D eigenvalue weighted by molar-refractivity contribution is -0.118. The fraction of sp³-hybridized carbons (Fsp3) is 0.176. The molecule has 0 unspecified atom stereocenters. The van der Waals surface area contributed by atoms with Crippen molar-refractivity contribution in [3.63, 3.8) is 0 Å². The van der Waals surface area contributed by atoms with Crippen molar-refractivity contribution in [2.45, 2.75) is 10.8 Å². The molecule has 4 rings (SSSR count). The highest BCUT2D eigenvalue weighted by Crippen LogP contribution is 2.35. The zero-order valence-corrected chi connectivity index (χ0v) is 15.8. The normalized spacial score (nSPS) is 12.1. The maximum atomic E-state index is 12.2. The van der Waals surface area contributed by atoms with E-state index in [-0.39, 0.29) is 34.2 Å². The van der Waals surface area contributed by atoms with Crippen LogP contribution < -0.4 is 26.0 Å². The summed E-state index contributed by atoms with van der Waals surface area (Å²) in [6.07, 6.45) is 0. The summed E-state index contributed by atoms with van der Waals surface area (Å²) in [6, 6.07) is 7.41. The van der Waals surface area contributed by atoms with E-state index >= 15 is 0 Å². The molecule has 3 aromatic rings. The van der Waals surface area contributed by atoms with Gasteiger partial charge in [0.15, 0.2) is 11.5 Å². The predicted molar refractivity (Wildman–Crippen MR) is 103 cm³/mol. The number of nitrogens with zero attached hydrogens (tertiary/aromatic N) is 1. The second-order valence-corrected chi connectivity index (χ2v) is 8.01. The van der Waals surface area contributed by atoms with E-state index in [4.69, 9.17) is 9.47 Å². The number of ether oxygens (including phenoxy) is 2. The molecule has 28 heavy (non-hydrogen) atoms. The Morgan fingerprint density at radius 3 is 2.93 bits per heavy atom. The number of carbonyl (C=O) groups excluding carboxylic acids is 1. The van der Waals surface area contributed by atoms with Crippen LogP contribution in [0, 0.1) is 11.3 Å². The minimum absolute atomic E-state index is 0.0637. The topological polar surface area (TPSA) is 137 Å². The fourth-order valence-electron chi connectivity index (χ4n) is 2.63. The first kappa shape index (κ1) is 18.1. The van der Waals surface area contributed by atoms with Gasteiger partial charge in [0.1, 0.15) is 16.3 Å². The molecular formula is C17H12N4O5S2. The van der Waals surface area contributed by atoms with Crippen molar-refractivity contribution in [1.82, 2.24) is 15.3 Å². The number of benzene rings is 1. The van der Waals surface area contributed by atoms with Crippen LogP contribution in [-0.4, -0.2) is 28.4 Å². The van der Waals surface area contributed by atoms with Crippen molar-refractivity contribution in [3.8, 4) is 17.6 Å². The summed E-state index contributed by atoms with van der Waals surface area (Å²) in [5, 5.41) is 12.2. The third-order valence-electron chi connectivity index (χ3n) is 3.92. The number of carbonyl (C=O) groups is 1. The molecule has 0 bridgehead atoms. The SMILES string of the molecule is N#Cc1c(SCC(=O)NCc2ccc3c(c2)OCO3)sc2c(=O)[nH]c(=O)[nH]c12. The number of rotatable bonds is 5. The highest BCUT2D eigenvalue weighted by molar-refractivity contribution is 8.02. The summed E-state index contributed by atoms with van der Waals surface area (Å²) >= 11 is 2.21. The molecule has 9 nitrogen and oxygen atoms in total. The van der Waals surface area contributed by atoms with Crippen LogP contribution in [-0.2, 0) is 11.3 Å². The Bertz CT molecular complexity index is 1240. The average molecular weight is 416 g/mol. The quantitative estimate of drug-likeness (QED) is 0.533. The fourth-order valence-corrected chi connectivity index (χ4v) is 4.78. The van der Waals surface area contributed by atoms with E-state index in [1.807, 2.05) is 12.1 Å². The van der Waals surface area contributed by atoms with Crippen molar-refractivity contribution in [2.24, 2.45) is 0 Å². The lowest BCUT2D eigenvalue weighted by atomic mass is 10.2. The molecular weight excluding hydrogens is 404 g/mol. The first-order valence-electron chi connectivity index (χ1n) is 8.02. The second-order valence-electron chi connectivity index (χ2n) is 5.74. The third kappa shape index (κ3) is 3.47. The van der Waals surface area contributed by atoms with Gasteiger partial charge in [0.25, 0.3) is 5.56 Å². The molecule has 0 radical (unpaired) electrons. The molecule has 1 aromatic carbocycles. The number of hydrogen-bond acceptors (Lipinski definition) is 8. The largest absolute Gasteiger partial charge is 0.454 e. The second kappa shape index (κ2) is 7.41. The summed E-state index contributed by atoms with van der Waals surface area (Å²) in [4.78, 5) is 40.1. The Kier molecular flexibility index (Phi) is 4.81. The van der Waals surface area contributed by atoms with Gasteiger partial charge >= 0.3 is 5.69 Å². The van der Waals surface area contributed by atoms with Crippen LogP contribution >= 0.6 is 23.1 Å². The van der Waals surface area contributed by atoms with E-state index in [1.54, 1.807) is 12.1 Å². The van der Waals surface area contributed by atoms with E-state index < -0.39 is 11.2 Å². The maximum Gasteiger partial charge on any atom is 0.326 e. The minimum atomic E-state index is -0.676. The Balaban J connectivity index is 1.42. The van der Waals surface area contributed by atoms with E-state index in [0.29, 0.717) is 22.3 Å². The average Bonchev–Trinajstić information content (AvgIpc) is 3.28. The van der Waals surface area contributed by atoms with Gasteiger partial charge in [0.2, 0.25) is 12.7 Å². The highest BCUT2D eigenvalue weighted by atomic mass is 32.2. The molecule has 1 aliphatic rings. The van der Waals surface area contributed by atoms with Crippen LogP contribution in [0.3, 0.4) is 0 Å². The Hall–Kier alpha value is -3.23. The van der Waals surface area contributed by atoms with Crippen LogP contribution in [0.5, 0.6) is 11.5 Å². The zero-order chi connectivity index (χ0) is 19.7. The summed E-state index contributed by atoms with van der Waals surface area (Å²) in [5.74, 6) is 1.15. The Labute approximate surface area is 165 Å². The summed E-state index contributed by atoms with van der Waals surface area (Å²) in [7, 11) is 0. The van der Waals surface area contributed by atoms with Crippen molar-refractivity contribution in [3.05, 3.63) is 50.2 Å². The van der Waals surface area contributed by atoms with Gasteiger partial charge in [0.05, 0.1) is 15.5 Å². The Morgan fingerprint density at radius 1 is 1.29 bits per heavy atom. The molecule has 0 saturated heterocycles. The molecule has 0 aliphatic carbocycles. The smallest absolute Gasteiger partial charge is 0.326 e. The van der Waals surface area contributed by atoms with E-state index in [0.717, 1.165) is 28.7 Å². The number of aromatic amines is 2. The molecule has 142 valence electrons. The van der Waals surface area contributed by atoms with Gasteiger partial charge in [-0.3, -0.25) is 14.6 Å². The van der Waals surface area contributed by atoms with Crippen molar-refractivity contribution < 1.29 is 14.3 Å². The molecule has 1 amide bonds. The summed E-state index contributed by atoms with van der Waals surface area (Å²) in [5.41, 5.74) is 0.0248. The Morgan fingerprint density at radius 2 is 2.11 bits per heavy atom. The van der Waals surface area contributed by atoms with E-state index in [1.165, 1.54) is 0 Å². The number of hydrogen-bond donors (Lipinski definition) is 3. The van der Waals surface area contributed by atoms with E-state index in [2.05, 4.69) is 15.3 Å². The van der Waals surface area contributed by atoms with E-state index in [9.17, 15) is 19.6 Å². The first-order valence-corrected chi connectivity index (χ1v) is 9.82. The summed E-state index contributed by atoms with van der Waals surface area (Å²) < 4.78 is 11.3.